The van der Waals surface area contributed by atoms with Gasteiger partial charge in [-0.3, -0.25) is 4.79 Å². The predicted molar refractivity (Wildman–Crippen MR) is 115 cm³/mol. The number of fused-ring (bicyclic) bond motifs is 1. The molecule has 0 unspecified atom stereocenters. The van der Waals surface area contributed by atoms with Gasteiger partial charge in [0.05, 0.1) is 25.1 Å². The van der Waals surface area contributed by atoms with Crippen LogP contribution in [0.2, 0.25) is 0 Å². The zero-order valence-corrected chi connectivity index (χ0v) is 18.0. The lowest BCUT2D eigenvalue weighted by Crippen LogP contribution is -2.22. The van der Waals surface area contributed by atoms with Crippen LogP contribution in [-0.2, 0) is 11.2 Å². The second kappa shape index (κ2) is 11.2. The minimum atomic E-state index is -0.741. The van der Waals surface area contributed by atoms with Crippen molar-refractivity contribution in [1.29, 1.82) is 0 Å². The second-order valence-electron chi connectivity index (χ2n) is 7.56. The SMILES string of the molecule is CC(C)(O)Cc1cnn2ccc(N3CCCC3)nc12.COc1ccc(F)cn1.NC=O. The molecule has 1 aliphatic heterocycles. The van der Waals surface area contributed by atoms with Gasteiger partial charge in [0, 0.05) is 37.3 Å². The average molecular weight is 433 g/mol. The van der Waals surface area contributed by atoms with E-state index >= 15 is 0 Å². The molecular weight excluding hydrogens is 403 g/mol. The summed E-state index contributed by atoms with van der Waals surface area (Å²) in [6.07, 6.45) is 8.15. The number of carbonyl (C=O) groups excluding carboxylic acids is 1. The number of methoxy groups -OCH3 is 1. The topological polar surface area (TPSA) is 119 Å². The summed E-state index contributed by atoms with van der Waals surface area (Å²) in [5, 5.41) is 14.2. The summed E-state index contributed by atoms with van der Waals surface area (Å²) in [5.41, 5.74) is 5.27. The molecule has 0 spiro atoms. The van der Waals surface area contributed by atoms with Gasteiger partial charge in [-0.15, -0.1) is 0 Å². The Morgan fingerprint density at radius 3 is 2.48 bits per heavy atom. The third-order valence-corrected chi connectivity index (χ3v) is 4.39. The highest BCUT2D eigenvalue weighted by molar-refractivity contribution is 5.53. The van der Waals surface area contributed by atoms with Crippen LogP contribution in [-0.4, -0.2) is 56.9 Å². The molecule has 1 amide bonds. The summed E-state index contributed by atoms with van der Waals surface area (Å²) in [4.78, 5) is 19.2. The van der Waals surface area contributed by atoms with Gasteiger partial charge in [0.1, 0.15) is 11.6 Å². The molecule has 1 fully saturated rings. The summed E-state index contributed by atoms with van der Waals surface area (Å²) in [7, 11) is 1.49. The van der Waals surface area contributed by atoms with Crippen molar-refractivity contribution in [1.82, 2.24) is 19.6 Å². The molecule has 1 saturated heterocycles. The Labute approximate surface area is 180 Å². The summed E-state index contributed by atoms with van der Waals surface area (Å²) in [6.45, 7) is 5.78. The first kappa shape index (κ1) is 24.0. The minimum Gasteiger partial charge on any atom is -0.481 e. The monoisotopic (exact) mass is 432 g/mol. The molecule has 3 aromatic heterocycles. The van der Waals surface area contributed by atoms with Crippen LogP contribution in [0.25, 0.3) is 5.65 Å². The van der Waals surface area contributed by atoms with Crippen molar-refractivity contribution >= 4 is 17.9 Å². The molecule has 4 heterocycles. The number of primary amides is 1. The maximum Gasteiger partial charge on any atom is 0.213 e. The molecule has 0 aromatic carbocycles. The molecule has 31 heavy (non-hydrogen) atoms. The van der Waals surface area contributed by atoms with Crippen LogP contribution >= 0.6 is 0 Å². The van der Waals surface area contributed by atoms with Gasteiger partial charge in [0.15, 0.2) is 5.65 Å². The summed E-state index contributed by atoms with van der Waals surface area (Å²) >= 11 is 0. The van der Waals surface area contributed by atoms with E-state index < -0.39 is 5.60 Å². The number of halogens is 1. The molecule has 0 atom stereocenters. The number of aliphatic hydroxyl groups is 1. The van der Waals surface area contributed by atoms with Crippen molar-refractivity contribution in [3.8, 4) is 5.88 Å². The van der Waals surface area contributed by atoms with E-state index in [1.165, 1.54) is 32.1 Å². The lowest BCUT2D eigenvalue weighted by molar-refractivity contribution is -0.106. The molecule has 0 aliphatic carbocycles. The van der Waals surface area contributed by atoms with Gasteiger partial charge in [-0.1, -0.05) is 0 Å². The zero-order valence-electron chi connectivity index (χ0n) is 18.0. The van der Waals surface area contributed by atoms with Crippen molar-refractivity contribution < 1.29 is 19.0 Å². The number of anilines is 1. The van der Waals surface area contributed by atoms with Gasteiger partial charge in [-0.05, 0) is 38.8 Å². The van der Waals surface area contributed by atoms with E-state index in [1.54, 1.807) is 24.6 Å². The van der Waals surface area contributed by atoms with E-state index in [0.717, 1.165) is 36.3 Å². The van der Waals surface area contributed by atoms with Gasteiger partial charge < -0.3 is 20.5 Å². The fourth-order valence-electron chi connectivity index (χ4n) is 3.10. The molecule has 10 heteroatoms. The van der Waals surface area contributed by atoms with Crippen LogP contribution in [0.15, 0.2) is 36.8 Å². The van der Waals surface area contributed by atoms with Gasteiger partial charge in [0.25, 0.3) is 0 Å². The second-order valence-corrected chi connectivity index (χ2v) is 7.56. The Kier molecular flexibility index (Phi) is 8.68. The number of amides is 1. The molecule has 0 bridgehead atoms. The number of hydrogen-bond acceptors (Lipinski definition) is 7. The Morgan fingerprint density at radius 2 is 1.94 bits per heavy atom. The van der Waals surface area contributed by atoms with Crippen molar-refractivity contribution in [2.24, 2.45) is 5.73 Å². The Balaban J connectivity index is 0.000000238. The van der Waals surface area contributed by atoms with Gasteiger partial charge in [0.2, 0.25) is 12.3 Å². The van der Waals surface area contributed by atoms with Crippen molar-refractivity contribution in [3.05, 3.63) is 48.2 Å². The smallest absolute Gasteiger partial charge is 0.213 e. The molecule has 0 saturated carbocycles. The van der Waals surface area contributed by atoms with Gasteiger partial charge in [-0.2, -0.15) is 5.10 Å². The number of hydrogen-bond donors (Lipinski definition) is 2. The van der Waals surface area contributed by atoms with Gasteiger partial charge in [-0.25, -0.2) is 18.9 Å². The third kappa shape index (κ3) is 7.49. The maximum atomic E-state index is 12.1. The molecule has 1 aliphatic rings. The first-order chi connectivity index (χ1) is 14.8. The zero-order chi connectivity index (χ0) is 22.9. The first-order valence-corrected chi connectivity index (χ1v) is 9.89. The summed E-state index contributed by atoms with van der Waals surface area (Å²) in [5.74, 6) is 1.09. The van der Waals surface area contributed by atoms with E-state index in [-0.39, 0.29) is 12.2 Å². The van der Waals surface area contributed by atoms with Crippen LogP contribution in [0.5, 0.6) is 5.88 Å². The number of nitrogens with zero attached hydrogens (tertiary/aromatic N) is 5. The number of nitrogens with two attached hydrogens (primary N) is 1. The van der Waals surface area contributed by atoms with Crippen molar-refractivity contribution in [2.75, 3.05) is 25.1 Å². The minimum absolute atomic E-state index is 0.250. The van der Waals surface area contributed by atoms with E-state index in [1.807, 2.05) is 12.3 Å². The summed E-state index contributed by atoms with van der Waals surface area (Å²) < 4.78 is 18.6. The molecular formula is C21H29FN6O3. The van der Waals surface area contributed by atoms with Crippen LogP contribution in [0.4, 0.5) is 10.2 Å². The number of pyridine rings is 1. The lowest BCUT2D eigenvalue weighted by atomic mass is 10.0. The number of rotatable bonds is 4. The number of aromatic nitrogens is 4. The van der Waals surface area contributed by atoms with Crippen LogP contribution < -0.4 is 15.4 Å². The fraction of sp³-hybridized carbons (Fsp3) is 0.429. The largest absolute Gasteiger partial charge is 0.481 e. The molecule has 0 radical (unpaired) electrons. The third-order valence-electron chi connectivity index (χ3n) is 4.39. The highest BCUT2D eigenvalue weighted by Gasteiger charge is 2.19. The van der Waals surface area contributed by atoms with Crippen LogP contribution in [0.3, 0.4) is 0 Å². The molecule has 3 N–H and O–H groups in total. The molecule has 4 rings (SSSR count). The van der Waals surface area contributed by atoms with Crippen molar-refractivity contribution in [2.45, 2.75) is 38.7 Å². The number of ether oxygens (including phenoxy) is 1. The Morgan fingerprint density at radius 1 is 1.26 bits per heavy atom. The van der Waals surface area contributed by atoms with E-state index in [0.29, 0.717) is 12.3 Å². The highest BCUT2D eigenvalue weighted by atomic mass is 19.1. The molecule has 9 nitrogen and oxygen atoms in total. The Hall–Kier alpha value is -3.27. The predicted octanol–water partition coefficient (Wildman–Crippen LogP) is 1.97. The summed E-state index contributed by atoms with van der Waals surface area (Å²) in [6, 6.07) is 4.78. The average Bonchev–Trinajstić information content (AvgIpc) is 3.39. The van der Waals surface area contributed by atoms with Crippen LogP contribution in [0, 0.1) is 5.82 Å². The fourth-order valence-corrected chi connectivity index (χ4v) is 3.10. The van der Waals surface area contributed by atoms with Gasteiger partial charge >= 0.3 is 0 Å². The number of carbonyl (C=O) groups is 1. The quantitative estimate of drug-likeness (QED) is 0.605. The van der Waals surface area contributed by atoms with E-state index in [2.05, 4.69) is 20.7 Å². The lowest BCUT2D eigenvalue weighted by Gasteiger charge is -2.17. The first-order valence-electron chi connectivity index (χ1n) is 9.89. The maximum absolute atomic E-state index is 12.1. The van der Waals surface area contributed by atoms with E-state index in [9.17, 15) is 9.50 Å². The Bertz CT molecular complexity index is 950. The molecule has 168 valence electrons. The van der Waals surface area contributed by atoms with E-state index in [4.69, 9.17) is 14.5 Å². The molecule has 3 aromatic rings. The standard InChI is InChI=1S/C14H20N4O.C6H6FNO.CH3NO/c1-14(2,19)9-11-10-15-18-8-5-12(16-13(11)18)17-6-3-4-7-17;1-9-6-3-2-5(7)4-8-6;2-1-3/h5,8,10,19H,3-4,6-7,9H2,1-2H3;2-4H,1H3;1H,(H2,2,3). The highest BCUT2D eigenvalue weighted by Crippen LogP contribution is 2.21. The van der Waals surface area contributed by atoms with Crippen LogP contribution in [0.1, 0.15) is 32.3 Å². The van der Waals surface area contributed by atoms with Crippen molar-refractivity contribution in [3.63, 3.8) is 0 Å². The normalized spacial score (nSPS) is 13.1.